The standard InChI is InChI=1S/C14H20N2O3/c17-14(15-8-4-5-9-15)10-13(11-16(18)19)12-6-2-1-3-7-12/h4-5,8-9,12-13H,1-3,6-7,10-11H2/t13-/m1/s1. The van der Waals surface area contributed by atoms with Gasteiger partial charge in [-0.05, 0) is 30.9 Å². The third kappa shape index (κ3) is 3.91. The zero-order valence-corrected chi connectivity index (χ0v) is 11.0. The summed E-state index contributed by atoms with van der Waals surface area (Å²) in [4.78, 5) is 22.6. The van der Waals surface area contributed by atoms with Crippen LogP contribution in [0, 0.1) is 22.0 Å². The second-order valence-corrected chi connectivity index (χ2v) is 5.36. The maximum Gasteiger partial charge on any atom is 0.231 e. The van der Waals surface area contributed by atoms with Gasteiger partial charge in [0.1, 0.15) is 0 Å². The summed E-state index contributed by atoms with van der Waals surface area (Å²) in [5.74, 6) is 0.172. The third-order valence-corrected chi connectivity index (χ3v) is 4.03. The average Bonchev–Trinajstić information content (AvgIpc) is 2.92. The first-order valence-electron chi connectivity index (χ1n) is 6.95. The SMILES string of the molecule is O=C(C[C@H](C[N+](=O)[O-])C1CCCCC1)n1cccc1. The van der Waals surface area contributed by atoms with Crippen LogP contribution in [0.4, 0.5) is 0 Å². The van der Waals surface area contributed by atoms with Gasteiger partial charge in [0, 0.05) is 29.7 Å². The molecule has 1 heterocycles. The van der Waals surface area contributed by atoms with E-state index in [0.717, 1.165) is 25.7 Å². The predicted octanol–water partition coefficient (Wildman–Crippen LogP) is 2.99. The number of carbonyl (C=O) groups excluding carboxylic acids is 1. The van der Waals surface area contributed by atoms with Crippen molar-refractivity contribution < 1.29 is 9.72 Å². The summed E-state index contributed by atoms with van der Waals surface area (Å²) >= 11 is 0. The Morgan fingerprint density at radius 2 is 1.89 bits per heavy atom. The van der Waals surface area contributed by atoms with E-state index in [-0.39, 0.29) is 29.7 Å². The van der Waals surface area contributed by atoms with Gasteiger partial charge in [0.05, 0.1) is 0 Å². The number of hydrogen-bond acceptors (Lipinski definition) is 3. The van der Waals surface area contributed by atoms with Crippen LogP contribution in [-0.4, -0.2) is 21.9 Å². The second-order valence-electron chi connectivity index (χ2n) is 5.36. The zero-order chi connectivity index (χ0) is 13.7. The van der Waals surface area contributed by atoms with E-state index in [1.807, 2.05) is 0 Å². The fraction of sp³-hybridized carbons (Fsp3) is 0.643. The van der Waals surface area contributed by atoms with Crippen molar-refractivity contribution in [2.75, 3.05) is 6.54 Å². The molecule has 0 aliphatic heterocycles. The Labute approximate surface area is 112 Å². The molecule has 1 aliphatic rings. The Kier molecular flexibility index (Phi) is 4.71. The first-order chi connectivity index (χ1) is 9.16. The molecule has 2 rings (SSSR count). The highest BCUT2D eigenvalue weighted by molar-refractivity contribution is 5.79. The maximum atomic E-state index is 12.1. The molecule has 5 nitrogen and oxygen atoms in total. The summed E-state index contributed by atoms with van der Waals surface area (Å²) < 4.78 is 1.52. The highest BCUT2D eigenvalue weighted by Gasteiger charge is 2.29. The Hall–Kier alpha value is -1.65. The van der Waals surface area contributed by atoms with E-state index in [4.69, 9.17) is 0 Å². The molecular weight excluding hydrogens is 244 g/mol. The van der Waals surface area contributed by atoms with Gasteiger partial charge in [-0.25, -0.2) is 0 Å². The van der Waals surface area contributed by atoms with Crippen molar-refractivity contribution in [1.29, 1.82) is 0 Å². The number of rotatable bonds is 5. The molecule has 0 saturated heterocycles. The molecule has 0 aromatic carbocycles. The van der Waals surface area contributed by atoms with Gasteiger partial charge < -0.3 is 0 Å². The largest absolute Gasteiger partial charge is 0.295 e. The van der Waals surface area contributed by atoms with Crippen LogP contribution in [0.25, 0.3) is 0 Å². The van der Waals surface area contributed by atoms with Crippen LogP contribution in [0.15, 0.2) is 24.5 Å². The lowest BCUT2D eigenvalue weighted by Crippen LogP contribution is -2.28. The minimum atomic E-state index is -0.276. The van der Waals surface area contributed by atoms with Gasteiger partial charge in [0.15, 0.2) is 0 Å². The summed E-state index contributed by atoms with van der Waals surface area (Å²) in [6.07, 6.45) is 9.22. The van der Waals surface area contributed by atoms with Gasteiger partial charge >= 0.3 is 0 Å². The smallest absolute Gasteiger partial charge is 0.231 e. The maximum absolute atomic E-state index is 12.1. The Balaban J connectivity index is 2.00. The Morgan fingerprint density at radius 1 is 1.26 bits per heavy atom. The Morgan fingerprint density at radius 3 is 2.47 bits per heavy atom. The molecule has 0 N–H and O–H groups in total. The van der Waals surface area contributed by atoms with Crippen LogP contribution in [-0.2, 0) is 0 Å². The topological polar surface area (TPSA) is 65.1 Å². The van der Waals surface area contributed by atoms with E-state index in [9.17, 15) is 14.9 Å². The van der Waals surface area contributed by atoms with Crippen molar-refractivity contribution in [1.82, 2.24) is 4.57 Å². The number of nitrogens with zero attached hydrogens (tertiary/aromatic N) is 2. The molecule has 1 atom stereocenters. The third-order valence-electron chi connectivity index (χ3n) is 4.03. The van der Waals surface area contributed by atoms with Gasteiger partial charge in [-0.2, -0.15) is 0 Å². The van der Waals surface area contributed by atoms with Crippen LogP contribution >= 0.6 is 0 Å². The summed E-state index contributed by atoms with van der Waals surface area (Å²) in [5, 5.41) is 10.8. The number of hydrogen-bond donors (Lipinski definition) is 0. The quantitative estimate of drug-likeness (QED) is 0.606. The van der Waals surface area contributed by atoms with Crippen LogP contribution < -0.4 is 0 Å². The molecule has 1 saturated carbocycles. The Bertz CT molecular complexity index is 422. The molecule has 0 radical (unpaired) electrons. The lowest BCUT2D eigenvalue weighted by Gasteiger charge is -2.27. The normalized spacial score (nSPS) is 18.1. The van der Waals surface area contributed by atoms with Crippen molar-refractivity contribution in [2.24, 2.45) is 11.8 Å². The monoisotopic (exact) mass is 264 g/mol. The van der Waals surface area contributed by atoms with Crippen molar-refractivity contribution in [3.8, 4) is 0 Å². The fourth-order valence-electron chi connectivity index (χ4n) is 3.01. The van der Waals surface area contributed by atoms with Crippen molar-refractivity contribution in [3.63, 3.8) is 0 Å². The first kappa shape index (κ1) is 13.8. The second kappa shape index (κ2) is 6.50. The average molecular weight is 264 g/mol. The van der Waals surface area contributed by atoms with E-state index in [1.54, 1.807) is 24.5 Å². The van der Waals surface area contributed by atoms with Crippen molar-refractivity contribution in [3.05, 3.63) is 34.6 Å². The van der Waals surface area contributed by atoms with Gasteiger partial charge in [-0.1, -0.05) is 19.3 Å². The van der Waals surface area contributed by atoms with Crippen LogP contribution in [0.5, 0.6) is 0 Å². The minimum Gasteiger partial charge on any atom is -0.295 e. The van der Waals surface area contributed by atoms with E-state index in [0.29, 0.717) is 5.92 Å². The number of nitro groups is 1. The van der Waals surface area contributed by atoms with Crippen molar-refractivity contribution >= 4 is 5.91 Å². The van der Waals surface area contributed by atoms with Gasteiger partial charge in [0.2, 0.25) is 12.5 Å². The predicted molar refractivity (Wildman–Crippen MR) is 71.6 cm³/mol. The van der Waals surface area contributed by atoms with Gasteiger partial charge in [-0.3, -0.25) is 19.5 Å². The molecule has 1 aromatic heterocycles. The van der Waals surface area contributed by atoms with Crippen molar-refractivity contribution in [2.45, 2.75) is 38.5 Å². The van der Waals surface area contributed by atoms with Gasteiger partial charge in [-0.15, -0.1) is 0 Å². The lowest BCUT2D eigenvalue weighted by atomic mass is 9.78. The molecule has 5 heteroatoms. The van der Waals surface area contributed by atoms with E-state index in [2.05, 4.69) is 0 Å². The van der Waals surface area contributed by atoms with Crippen LogP contribution in [0.3, 0.4) is 0 Å². The summed E-state index contributed by atoms with van der Waals surface area (Å²) in [6.45, 7) is -0.0856. The summed E-state index contributed by atoms with van der Waals surface area (Å²) in [6, 6.07) is 3.59. The first-order valence-corrected chi connectivity index (χ1v) is 6.95. The molecule has 0 unspecified atom stereocenters. The zero-order valence-electron chi connectivity index (χ0n) is 11.0. The molecule has 1 aliphatic carbocycles. The molecule has 19 heavy (non-hydrogen) atoms. The lowest BCUT2D eigenvalue weighted by molar-refractivity contribution is -0.490. The number of aromatic nitrogens is 1. The molecule has 0 amide bonds. The van der Waals surface area contributed by atoms with E-state index >= 15 is 0 Å². The summed E-state index contributed by atoms with van der Waals surface area (Å²) in [5.41, 5.74) is 0. The van der Waals surface area contributed by atoms with Crippen LogP contribution in [0.2, 0.25) is 0 Å². The fourth-order valence-corrected chi connectivity index (χ4v) is 3.01. The molecule has 104 valence electrons. The highest BCUT2D eigenvalue weighted by Crippen LogP contribution is 2.32. The van der Waals surface area contributed by atoms with E-state index in [1.165, 1.54) is 11.0 Å². The molecule has 0 bridgehead atoms. The number of carbonyl (C=O) groups is 1. The molecule has 1 fully saturated rings. The molecular formula is C14H20N2O3. The molecule has 0 spiro atoms. The van der Waals surface area contributed by atoms with E-state index < -0.39 is 0 Å². The summed E-state index contributed by atoms with van der Waals surface area (Å²) in [7, 11) is 0. The highest BCUT2D eigenvalue weighted by atomic mass is 16.6. The minimum absolute atomic E-state index is 0.0394. The van der Waals surface area contributed by atoms with Crippen LogP contribution in [0.1, 0.15) is 43.3 Å². The van der Waals surface area contributed by atoms with Gasteiger partial charge in [0.25, 0.3) is 0 Å². The molecule has 1 aromatic rings.